The van der Waals surface area contributed by atoms with Crippen molar-refractivity contribution in [2.45, 2.75) is 18.8 Å². The first kappa shape index (κ1) is 7.87. The lowest BCUT2D eigenvalue weighted by molar-refractivity contribution is 1.12. The van der Waals surface area contributed by atoms with Crippen LogP contribution in [0.3, 0.4) is 0 Å². The van der Waals surface area contributed by atoms with Crippen molar-refractivity contribution in [3.05, 3.63) is 32.4 Å². The Kier molecular flexibility index (Phi) is 2.10. The number of benzene rings is 1. The maximum absolute atomic E-state index is 5.84. The SMILES string of the molecule is Clc1ccc(C2CC2)c(I)c1. The second-order valence-electron chi connectivity index (χ2n) is 2.94. The second-order valence-corrected chi connectivity index (χ2v) is 4.54. The van der Waals surface area contributed by atoms with Gasteiger partial charge in [0.25, 0.3) is 0 Å². The van der Waals surface area contributed by atoms with Crippen LogP contribution in [0.4, 0.5) is 0 Å². The predicted octanol–water partition coefficient (Wildman–Crippen LogP) is 3.82. The first-order valence-electron chi connectivity index (χ1n) is 3.72. The number of hydrogen-bond acceptors (Lipinski definition) is 0. The van der Waals surface area contributed by atoms with E-state index < -0.39 is 0 Å². The second kappa shape index (κ2) is 2.94. The molecule has 0 aromatic heterocycles. The summed E-state index contributed by atoms with van der Waals surface area (Å²) < 4.78 is 1.32. The molecule has 1 aliphatic carbocycles. The van der Waals surface area contributed by atoms with Gasteiger partial charge in [-0.1, -0.05) is 17.7 Å². The molecule has 58 valence electrons. The quantitative estimate of drug-likeness (QED) is 0.685. The van der Waals surface area contributed by atoms with Crippen molar-refractivity contribution in [3.8, 4) is 0 Å². The molecule has 1 aliphatic rings. The van der Waals surface area contributed by atoms with Crippen LogP contribution in [0.2, 0.25) is 5.02 Å². The van der Waals surface area contributed by atoms with Crippen molar-refractivity contribution in [2.24, 2.45) is 0 Å². The summed E-state index contributed by atoms with van der Waals surface area (Å²) >= 11 is 8.19. The van der Waals surface area contributed by atoms with Crippen LogP contribution in [0.15, 0.2) is 18.2 Å². The third-order valence-electron chi connectivity index (χ3n) is 1.98. The van der Waals surface area contributed by atoms with Crippen LogP contribution in [0, 0.1) is 3.57 Å². The van der Waals surface area contributed by atoms with E-state index in [9.17, 15) is 0 Å². The Balaban J connectivity index is 2.39. The van der Waals surface area contributed by atoms with E-state index in [1.54, 1.807) is 0 Å². The maximum atomic E-state index is 5.84. The van der Waals surface area contributed by atoms with Crippen LogP contribution in [0.25, 0.3) is 0 Å². The van der Waals surface area contributed by atoms with Gasteiger partial charge in [0.2, 0.25) is 0 Å². The van der Waals surface area contributed by atoms with E-state index in [-0.39, 0.29) is 0 Å². The van der Waals surface area contributed by atoms with Gasteiger partial charge < -0.3 is 0 Å². The lowest BCUT2D eigenvalue weighted by Gasteiger charge is -2.01. The summed E-state index contributed by atoms with van der Waals surface area (Å²) in [6, 6.07) is 6.18. The molecule has 0 radical (unpaired) electrons. The largest absolute Gasteiger partial charge is 0.0843 e. The van der Waals surface area contributed by atoms with Gasteiger partial charge in [-0.15, -0.1) is 0 Å². The molecule has 0 bridgehead atoms. The van der Waals surface area contributed by atoms with E-state index in [0.717, 1.165) is 10.9 Å². The molecule has 2 rings (SSSR count). The van der Waals surface area contributed by atoms with Crippen molar-refractivity contribution >= 4 is 34.2 Å². The van der Waals surface area contributed by atoms with Crippen LogP contribution in [0.1, 0.15) is 24.3 Å². The molecule has 0 aliphatic heterocycles. The summed E-state index contributed by atoms with van der Waals surface area (Å²) in [5, 5.41) is 0.846. The van der Waals surface area contributed by atoms with Crippen molar-refractivity contribution < 1.29 is 0 Å². The zero-order valence-electron chi connectivity index (χ0n) is 5.98. The van der Waals surface area contributed by atoms with Crippen molar-refractivity contribution in [2.75, 3.05) is 0 Å². The molecule has 1 fully saturated rings. The van der Waals surface area contributed by atoms with Gasteiger partial charge in [0.05, 0.1) is 0 Å². The number of halogens is 2. The minimum absolute atomic E-state index is 0.833. The normalized spacial score (nSPS) is 16.9. The maximum Gasteiger partial charge on any atom is 0.0416 e. The van der Waals surface area contributed by atoms with E-state index in [2.05, 4.69) is 28.7 Å². The minimum Gasteiger partial charge on any atom is -0.0843 e. The van der Waals surface area contributed by atoms with Crippen molar-refractivity contribution in [1.29, 1.82) is 0 Å². The Morgan fingerprint density at radius 3 is 2.64 bits per heavy atom. The van der Waals surface area contributed by atoms with E-state index in [0.29, 0.717) is 0 Å². The molecule has 1 saturated carbocycles. The molecule has 0 spiro atoms. The summed E-state index contributed by atoms with van der Waals surface area (Å²) in [5.74, 6) is 0.833. The highest BCUT2D eigenvalue weighted by Crippen LogP contribution is 2.42. The van der Waals surface area contributed by atoms with Gasteiger partial charge in [0, 0.05) is 8.59 Å². The van der Waals surface area contributed by atoms with Gasteiger partial charge in [-0.25, -0.2) is 0 Å². The van der Waals surface area contributed by atoms with Crippen molar-refractivity contribution in [3.63, 3.8) is 0 Å². The Hall–Kier alpha value is 0.240. The van der Waals surface area contributed by atoms with Gasteiger partial charge in [-0.05, 0) is 59.0 Å². The summed E-state index contributed by atoms with van der Waals surface area (Å²) in [4.78, 5) is 0. The van der Waals surface area contributed by atoms with Gasteiger partial charge in [-0.2, -0.15) is 0 Å². The molecule has 0 unspecified atom stereocenters. The minimum atomic E-state index is 0.833. The molecule has 0 nitrogen and oxygen atoms in total. The number of hydrogen-bond donors (Lipinski definition) is 0. The Labute approximate surface area is 85.1 Å². The molecule has 2 heteroatoms. The zero-order valence-corrected chi connectivity index (χ0v) is 8.89. The average Bonchev–Trinajstić information content (AvgIpc) is 2.70. The van der Waals surface area contributed by atoms with Crippen LogP contribution in [0.5, 0.6) is 0 Å². The lowest BCUT2D eigenvalue weighted by atomic mass is 10.1. The standard InChI is InChI=1S/C9H8ClI/c10-7-3-4-8(6-1-2-6)9(11)5-7/h3-6H,1-2H2. The molecule has 1 aromatic carbocycles. The molecule has 11 heavy (non-hydrogen) atoms. The Morgan fingerprint density at radius 2 is 2.09 bits per heavy atom. The fourth-order valence-corrected chi connectivity index (χ4v) is 2.54. The van der Waals surface area contributed by atoms with Gasteiger partial charge in [0.15, 0.2) is 0 Å². The molecule has 0 amide bonds. The van der Waals surface area contributed by atoms with E-state index in [1.807, 2.05) is 12.1 Å². The first-order chi connectivity index (χ1) is 5.27. The highest BCUT2D eigenvalue weighted by atomic mass is 127. The molecular formula is C9H8ClI. The topological polar surface area (TPSA) is 0 Å². The lowest BCUT2D eigenvalue weighted by Crippen LogP contribution is -1.83. The molecule has 0 N–H and O–H groups in total. The number of rotatable bonds is 1. The van der Waals surface area contributed by atoms with Crippen molar-refractivity contribution in [1.82, 2.24) is 0 Å². The summed E-state index contributed by atoms with van der Waals surface area (Å²) in [5.41, 5.74) is 1.48. The van der Waals surface area contributed by atoms with Crippen LogP contribution in [-0.4, -0.2) is 0 Å². The van der Waals surface area contributed by atoms with Gasteiger partial charge >= 0.3 is 0 Å². The van der Waals surface area contributed by atoms with Gasteiger partial charge in [-0.3, -0.25) is 0 Å². The highest BCUT2D eigenvalue weighted by molar-refractivity contribution is 14.1. The van der Waals surface area contributed by atoms with Crippen LogP contribution >= 0.6 is 34.2 Å². The molecular weight excluding hydrogens is 270 g/mol. The average molecular weight is 279 g/mol. The fourth-order valence-electron chi connectivity index (χ4n) is 1.23. The highest BCUT2D eigenvalue weighted by Gasteiger charge is 2.25. The fraction of sp³-hybridized carbons (Fsp3) is 0.333. The third-order valence-corrected chi connectivity index (χ3v) is 3.15. The molecule has 0 atom stereocenters. The first-order valence-corrected chi connectivity index (χ1v) is 5.18. The smallest absolute Gasteiger partial charge is 0.0416 e. The third kappa shape index (κ3) is 1.70. The summed E-state index contributed by atoms with van der Waals surface area (Å²) in [6.07, 6.45) is 2.72. The van der Waals surface area contributed by atoms with E-state index in [1.165, 1.54) is 22.0 Å². The Bertz CT molecular complexity index is 279. The zero-order chi connectivity index (χ0) is 7.84. The van der Waals surface area contributed by atoms with Crippen LogP contribution in [-0.2, 0) is 0 Å². The molecule has 0 saturated heterocycles. The monoisotopic (exact) mass is 278 g/mol. The van der Waals surface area contributed by atoms with E-state index >= 15 is 0 Å². The molecule has 0 heterocycles. The van der Waals surface area contributed by atoms with Gasteiger partial charge in [0.1, 0.15) is 0 Å². The molecule has 1 aromatic rings. The summed E-state index contributed by atoms with van der Waals surface area (Å²) in [7, 11) is 0. The predicted molar refractivity (Wildman–Crippen MR) is 56.1 cm³/mol. The van der Waals surface area contributed by atoms with Crippen LogP contribution < -0.4 is 0 Å². The van der Waals surface area contributed by atoms with E-state index in [4.69, 9.17) is 11.6 Å². The Morgan fingerprint density at radius 1 is 1.36 bits per heavy atom. The summed E-state index contributed by atoms with van der Waals surface area (Å²) in [6.45, 7) is 0.